The number of primary amides is 2. The molecule has 6 aromatic rings. The number of hydrogen-bond donors (Lipinski definition) is 17. The van der Waals surface area contributed by atoms with E-state index < -0.39 is 216 Å². The first-order valence-electron chi connectivity index (χ1n) is 44.4. The zero-order chi connectivity index (χ0) is 96.2. The average molecular weight is 1870 g/mol. The first-order chi connectivity index (χ1) is 63.1. The summed E-state index contributed by atoms with van der Waals surface area (Å²) in [7, 11) is 2.61. The van der Waals surface area contributed by atoms with Crippen LogP contribution in [0.4, 0.5) is 0 Å². The molecule has 0 spiro atoms. The van der Waals surface area contributed by atoms with Crippen LogP contribution in [-0.2, 0) is 107 Å². The molecule has 714 valence electrons. The van der Waals surface area contributed by atoms with Crippen LogP contribution in [0.3, 0.4) is 0 Å². The summed E-state index contributed by atoms with van der Waals surface area (Å²) in [5.74, 6) is -16.8. The molecule has 14 atom stereocenters. The number of thioether (sulfide) groups is 1. The molecule has 3 aromatic carbocycles. The molecule has 3 aliphatic heterocycles. The Kier molecular flexibility index (Phi) is 38.5. The predicted octanol–water partition coefficient (Wildman–Crippen LogP) is -0.915. The molecule has 3 saturated heterocycles. The molecule has 0 aliphatic carbocycles. The minimum Gasteiger partial charge on any atom is -0.508 e. The largest absolute Gasteiger partial charge is 0.508 e. The number of likely N-dealkylation sites (N-methyl/N-ethyl adjacent to an activating group) is 2. The molecule has 42 heteroatoms. The number of amides is 17. The van der Waals surface area contributed by atoms with E-state index in [1.54, 1.807) is 57.3 Å². The number of aromatic amines is 2. The van der Waals surface area contributed by atoms with Gasteiger partial charge in [0.1, 0.15) is 90.3 Å². The average Bonchev–Trinajstić information content (AvgIpc) is 1.59. The number of carbonyl (C=O) groups excluding carboxylic acids is 17. The SMILES string of the molecule is C=C[C@H]1C(=O)N[C@@H](Cc2cnc[nH]2)C(=O)N[C@@H](CC(C)C)C(=O)N2CCC[C@H]2C(=O)N[C@@H](Cc2c[nH]c3ccccc23)C(=O)N[C@@H](CO)C(=O)N[C@@H](Cc2csc3ccccc23)C(=O)N(C)[C@@H](CCCC)C(=O)N2CCC[C@@H]2C(=O)N[C@@H](CCCN)C(=O)N[C@H](C(=O)NCC(N)=O)CSCC(=O)N[C@@H](Cc2ccc(O)cc2)C(=O)N(C)[C@@H](C)C(=O)N[C@@H](CC(N)=O)C(=O)N1CCC. The summed E-state index contributed by atoms with van der Waals surface area (Å²) in [6.45, 7) is 10.3. The number of unbranched alkanes of at least 4 members (excludes halogenated alkanes) is 1. The topological polar surface area (TPSA) is 590 Å². The van der Waals surface area contributed by atoms with Crippen LogP contribution in [-0.4, -0.2) is 300 Å². The summed E-state index contributed by atoms with van der Waals surface area (Å²) < 4.78 is 0.836. The predicted molar refractivity (Wildman–Crippen MR) is 491 cm³/mol. The summed E-state index contributed by atoms with van der Waals surface area (Å²) in [4.78, 5) is 266. The molecule has 132 heavy (non-hydrogen) atoms. The molecule has 6 heterocycles. The van der Waals surface area contributed by atoms with E-state index in [4.69, 9.17) is 17.2 Å². The van der Waals surface area contributed by atoms with Gasteiger partial charge < -0.3 is 115 Å². The molecule has 0 unspecified atom stereocenters. The number of nitrogens with two attached hydrogens (primary N) is 3. The van der Waals surface area contributed by atoms with Gasteiger partial charge in [-0.2, -0.15) is 0 Å². The number of hydrogen-bond acceptors (Lipinski definition) is 23. The van der Waals surface area contributed by atoms with Crippen molar-refractivity contribution in [3.63, 3.8) is 0 Å². The van der Waals surface area contributed by atoms with Gasteiger partial charge in [0.2, 0.25) is 100 Å². The van der Waals surface area contributed by atoms with Crippen molar-refractivity contribution in [3.8, 4) is 5.75 Å². The Hall–Kier alpha value is -12.8. The highest BCUT2D eigenvalue weighted by Gasteiger charge is 2.46. The van der Waals surface area contributed by atoms with E-state index >= 15 is 43.2 Å². The molecule has 40 nitrogen and oxygen atoms in total. The van der Waals surface area contributed by atoms with E-state index in [1.807, 2.05) is 30.5 Å². The van der Waals surface area contributed by atoms with Gasteiger partial charge in [0, 0.05) is 98.9 Å². The number of aliphatic hydroxyl groups excluding tert-OH is 1. The molecular weight excluding hydrogens is 1740 g/mol. The molecule has 3 fully saturated rings. The van der Waals surface area contributed by atoms with Gasteiger partial charge in [-0.3, -0.25) is 81.5 Å². The van der Waals surface area contributed by atoms with E-state index in [0.717, 1.165) is 37.7 Å². The first-order valence-corrected chi connectivity index (χ1v) is 46.4. The van der Waals surface area contributed by atoms with Gasteiger partial charge in [-0.25, -0.2) is 4.98 Å². The molecule has 17 amide bonds. The highest BCUT2D eigenvalue weighted by molar-refractivity contribution is 8.00. The monoisotopic (exact) mass is 1870 g/mol. The smallest absolute Gasteiger partial charge is 0.247 e. The Morgan fingerprint density at radius 1 is 0.598 bits per heavy atom. The maximum absolute atomic E-state index is 15.7. The molecule has 0 bridgehead atoms. The minimum atomic E-state index is -1.84. The number of aromatic nitrogens is 3. The van der Waals surface area contributed by atoms with Gasteiger partial charge in [0.05, 0.1) is 31.7 Å². The number of nitrogens with one attached hydrogen (secondary N) is 12. The van der Waals surface area contributed by atoms with Crippen LogP contribution in [0.2, 0.25) is 0 Å². The lowest BCUT2D eigenvalue weighted by atomic mass is 10.0. The van der Waals surface area contributed by atoms with Crippen LogP contribution in [0.25, 0.3) is 21.0 Å². The molecule has 0 saturated carbocycles. The lowest BCUT2D eigenvalue weighted by Gasteiger charge is -2.35. The van der Waals surface area contributed by atoms with Crippen molar-refractivity contribution >= 4 is 145 Å². The number of H-pyrrole nitrogens is 2. The maximum Gasteiger partial charge on any atom is 0.247 e. The van der Waals surface area contributed by atoms with Gasteiger partial charge in [0.15, 0.2) is 0 Å². The number of imidazole rings is 1. The van der Waals surface area contributed by atoms with Crippen molar-refractivity contribution in [2.45, 2.75) is 222 Å². The van der Waals surface area contributed by atoms with Gasteiger partial charge in [-0.05, 0) is 129 Å². The third-order valence-electron chi connectivity index (χ3n) is 23.5. The summed E-state index contributed by atoms with van der Waals surface area (Å²) >= 11 is 2.15. The Bertz CT molecular complexity index is 5110. The Morgan fingerprint density at radius 3 is 1.81 bits per heavy atom. The maximum atomic E-state index is 15.7. The Balaban J connectivity index is 1.09. The van der Waals surface area contributed by atoms with Crippen LogP contribution in [0.5, 0.6) is 5.75 Å². The fourth-order valence-electron chi connectivity index (χ4n) is 16.4. The lowest BCUT2D eigenvalue weighted by Crippen LogP contribution is -2.62. The molecular formula is C90H123N21O19S2. The minimum absolute atomic E-state index is 0.0115. The number of rotatable bonds is 25. The second kappa shape index (κ2) is 49.4. The van der Waals surface area contributed by atoms with Crippen LogP contribution in [0.1, 0.15) is 134 Å². The van der Waals surface area contributed by atoms with Gasteiger partial charge >= 0.3 is 0 Å². The number of phenolic OH excluding ortho intramolecular Hbond substituents is 1. The van der Waals surface area contributed by atoms with Crippen molar-refractivity contribution in [2.24, 2.45) is 23.1 Å². The van der Waals surface area contributed by atoms with Gasteiger partial charge in [0.25, 0.3) is 0 Å². The first kappa shape index (κ1) is 103. The third kappa shape index (κ3) is 27.9. The number of aliphatic hydroxyl groups is 1. The number of thiophene rings is 1. The number of benzene rings is 3. The normalized spacial score (nSPS) is 24.5. The van der Waals surface area contributed by atoms with E-state index in [1.165, 1.54) is 83.8 Å². The van der Waals surface area contributed by atoms with E-state index in [0.29, 0.717) is 46.1 Å². The summed E-state index contributed by atoms with van der Waals surface area (Å²) in [6, 6.07) is -1.18. The van der Waals surface area contributed by atoms with Crippen LogP contribution < -0.4 is 70.4 Å². The zero-order valence-electron chi connectivity index (χ0n) is 75.2. The second-order valence-corrected chi connectivity index (χ2v) is 35.7. The van der Waals surface area contributed by atoms with Crippen molar-refractivity contribution in [1.29, 1.82) is 0 Å². The summed E-state index contributed by atoms with van der Waals surface area (Å²) in [5, 5.41) is 51.3. The molecule has 9 rings (SSSR count). The lowest BCUT2D eigenvalue weighted by molar-refractivity contribution is -0.149. The van der Waals surface area contributed by atoms with Crippen molar-refractivity contribution in [3.05, 3.63) is 132 Å². The number of phenols is 1. The van der Waals surface area contributed by atoms with Crippen molar-refractivity contribution in [1.82, 2.24) is 92.6 Å². The molecule has 20 N–H and O–H groups in total. The molecule has 3 aromatic heterocycles. The zero-order valence-corrected chi connectivity index (χ0v) is 76.9. The van der Waals surface area contributed by atoms with E-state index in [9.17, 15) is 48.6 Å². The Labute approximate surface area is 772 Å². The Morgan fingerprint density at radius 2 is 1.18 bits per heavy atom. The van der Waals surface area contributed by atoms with Crippen LogP contribution >= 0.6 is 23.1 Å². The summed E-state index contributed by atoms with van der Waals surface area (Å²) in [6.07, 6.45) is 5.41. The van der Waals surface area contributed by atoms with Crippen molar-refractivity contribution < 1.29 is 91.7 Å². The second-order valence-electron chi connectivity index (χ2n) is 33.7. The van der Waals surface area contributed by atoms with E-state index in [-0.39, 0.29) is 121 Å². The number of para-hydroxylation sites is 1. The number of aromatic hydroxyl groups is 1. The number of nitrogens with zero attached hydrogens (tertiary/aromatic N) is 6. The standard InChI is InChI=1S/C90H123N21O19S2/c1-9-12-24-72-90(130)111-35-19-26-71(111)84(124)99-60(23-17-32-91)79(119)106-68(78(118)96-44-75(93)115)47-131-48-76(116)98-64(37-52-28-30-56(113)31-29-52)86(126)107(7)51(6)77(117)102-66(41-74(92)114)89(129)109(33-10-2)69(11-3)83(123)101-62(40-55-43-94-49-97-55)81(121)103-63(36-50(4)5)88(128)110-34-18-25-70(110)85(125)100-61(38-53-42-95-59-22-15-13-20-57(53)59)80(120)105-67(45-112)82(122)104-65(87(127)108(72)8)39-54-46-132-73-27-16-14-21-58(54)73/h11,13-16,20-22,27-31,42-43,46,49-51,60-72,95,112-113H,3,9-10,12,17-19,23-26,32-41,44-45,47-48,91H2,1-2,4-8H3,(H2,92,114)(H2,93,115)(H,94,97)(H,96,118)(H,98,116)(H,99,124)(H,100,125)(H,101,123)(H,102,117)(H,103,121)(H,104,122)(H,105,120)(H,106,119)/t51-,60-,61-,62-,63-,64-,65-,66-,67-,68-,69-,70-,71+,72-/m0/s1. The fraction of sp³-hybridized carbons (Fsp3) is 0.511. The highest BCUT2D eigenvalue weighted by atomic mass is 32.2. The highest BCUT2D eigenvalue weighted by Crippen LogP contribution is 2.30. The molecule has 0 radical (unpaired) electrons. The van der Waals surface area contributed by atoms with Crippen LogP contribution in [0, 0.1) is 5.92 Å². The quantitative estimate of drug-likeness (QED) is 0.0308. The number of fused-ring (bicyclic) bond motifs is 4. The van der Waals surface area contributed by atoms with Crippen molar-refractivity contribution in [2.75, 3.05) is 64.9 Å². The summed E-state index contributed by atoms with van der Waals surface area (Å²) in [5.41, 5.74) is 19.7. The third-order valence-corrected chi connectivity index (χ3v) is 25.6. The fourth-order valence-corrected chi connectivity index (χ4v) is 18.2. The van der Waals surface area contributed by atoms with Gasteiger partial charge in [-0.1, -0.05) is 95.1 Å². The molecule has 3 aliphatic rings. The van der Waals surface area contributed by atoms with Crippen LogP contribution in [0.15, 0.2) is 110 Å². The number of carbonyl (C=O) groups is 17. The van der Waals surface area contributed by atoms with Gasteiger partial charge in [-0.15, -0.1) is 29.7 Å². The van der Waals surface area contributed by atoms with E-state index in [2.05, 4.69) is 74.7 Å².